The van der Waals surface area contributed by atoms with Crippen molar-refractivity contribution < 1.29 is 14.3 Å². The van der Waals surface area contributed by atoms with Crippen molar-refractivity contribution >= 4 is 11.7 Å². The molecule has 0 saturated heterocycles. The molecule has 1 aromatic carbocycles. The van der Waals surface area contributed by atoms with Gasteiger partial charge in [0.1, 0.15) is 17.3 Å². The van der Waals surface area contributed by atoms with E-state index in [1.54, 1.807) is 27.2 Å². The Labute approximate surface area is 160 Å². The van der Waals surface area contributed by atoms with Gasteiger partial charge in [-0.3, -0.25) is 4.79 Å². The molecule has 0 unspecified atom stereocenters. The van der Waals surface area contributed by atoms with E-state index in [9.17, 15) is 4.79 Å². The zero-order valence-corrected chi connectivity index (χ0v) is 16.6. The Kier molecular flexibility index (Phi) is 7.40. The Balaban J connectivity index is 1.95. The van der Waals surface area contributed by atoms with E-state index in [1.165, 1.54) is 0 Å². The highest BCUT2D eigenvalue weighted by Gasteiger charge is 2.11. The third-order valence-corrected chi connectivity index (χ3v) is 3.91. The average molecular weight is 372 g/mol. The molecular formula is C20H28N4O3. The lowest BCUT2D eigenvalue weighted by Gasteiger charge is -2.11. The number of hydrogen-bond acceptors (Lipinski definition) is 6. The quantitative estimate of drug-likeness (QED) is 0.704. The molecule has 0 fully saturated rings. The fourth-order valence-corrected chi connectivity index (χ4v) is 2.53. The van der Waals surface area contributed by atoms with Gasteiger partial charge in [-0.15, -0.1) is 0 Å². The SMILES string of the molecule is COc1ccc(CCNC(=O)c2cc(NCC(C)C)nc(C)n2)cc1OC. The van der Waals surface area contributed by atoms with E-state index in [-0.39, 0.29) is 5.91 Å². The monoisotopic (exact) mass is 372 g/mol. The summed E-state index contributed by atoms with van der Waals surface area (Å²) < 4.78 is 10.5. The van der Waals surface area contributed by atoms with Crippen molar-refractivity contribution in [3.8, 4) is 11.5 Å². The zero-order valence-electron chi connectivity index (χ0n) is 16.6. The first-order valence-corrected chi connectivity index (χ1v) is 9.01. The molecule has 7 heteroatoms. The van der Waals surface area contributed by atoms with Crippen LogP contribution in [0, 0.1) is 12.8 Å². The summed E-state index contributed by atoms with van der Waals surface area (Å²) in [6, 6.07) is 7.40. The molecule has 0 spiro atoms. The van der Waals surface area contributed by atoms with E-state index in [0.717, 1.165) is 12.1 Å². The van der Waals surface area contributed by atoms with Gasteiger partial charge in [-0.1, -0.05) is 19.9 Å². The van der Waals surface area contributed by atoms with Crippen molar-refractivity contribution in [2.24, 2.45) is 5.92 Å². The van der Waals surface area contributed by atoms with Crippen LogP contribution in [-0.4, -0.2) is 43.2 Å². The number of methoxy groups -OCH3 is 2. The van der Waals surface area contributed by atoms with Crippen molar-refractivity contribution in [3.63, 3.8) is 0 Å². The lowest BCUT2D eigenvalue weighted by molar-refractivity contribution is 0.0949. The summed E-state index contributed by atoms with van der Waals surface area (Å²) in [5.41, 5.74) is 1.41. The van der Waals surface area contributed by atoms with Crippen LogP contribution in [0.3, 0.4) is 0 Å². The Hall–Kier alpha value is -2.83. The Bertz CT molecular complexity index is 778. The van der Waals surface area contributed by atoms with Crippen LogP contribution in [0.15, 0.2) is 24.3 Å². The summed E-state index contributed by atoms with van der Waals surface area (Å²) in [5.74, 6) is 2.86. The second kappa shape index (κ2) is 9.75. The zero-order chi connectivity index (χ0) is 19.8. The molecule has 2 N–H and O–H groups in total. The van der Waals surface area contributed by atoms with Crippen molar-refractivity contribution in [2.75, 3.05) is 32.6 Å². The van der Waals surface area contributed by atoms with Crippen molar-refractivity contribution in [1.29, 1.82) is 0 Å². The van der Waals surface area contributed by atoms with Gasteiger partial charge in [0.25, 0.3) is 5.91 Å². The van der Waals surface area contributed by atoms with E-state index >= 15 is 0 Å². The molecule has 0 saturated carbocycles. The number of nitrogens with one attached hydrogen (secondary N) is 2. The van der Waals surface area contributed by atoms with Crippen LogP contribution in [0.4, 0.5) is 5.82 Å². The molecule has 0 atom stereocenters. The molecule has 1 amide bonds. The molecular weight excluding hydrogens is 344 g/mol. The van der Waals surface area contributed by atoms with Crippen LogP contribution in [0.25, 0.3) is 0 Å². The normalized spacial score (nSPS) is 10.6. The van der Waals surface area contributed by atoms with Gasteiger partial charge in [0.05, 0.1) is 14.2 Å². The maximum Gasteiger partial charge on any atom is 0.270 e. The van der Waals surface area contributed by atoms with Crippen LogP contribution in [0.5, 0.6) is 11.5 Å². The van der Waals surface area contributed by atoms with Crippen LogP contribution >= 0.6 is 0 Å². The molecule has 2 rings (SSSR count). The molecule has 1 heterocycles. The Morgan fingerprint density at radius 2 is 1.85 bits per heavy atom. The summed E-state index contributed by atoms with van der Waals surface area (Å²) in [6.45, 7) is 7.29. The maximum atomic E-state index is 12.4. The fraction of sp³-hybridized carbons (Fsp3) is 0.450. The third-order valence-electron chi connectivity index (χ3n) is 3.91. The highest BCUT2D eigenvalue weighted by atomic mass is 16.5. The Morgan fingerprint density at radius 3 is 2.52 bits per heavy atom. The fourth-order valence-electron chi connectivity index (χ4n) is 2.53. The third kappa shape index (κ3) is 6.13. The number of nitrogens with zero attached hydrogens (tertiary/aromatic N) is 2. The first-order valence-electron chi connectivity index (χ1n) is 9.01. The second-order valence-electron chi connectivity index (χ2n) is 6.66. The number of aryl methyl sites for hydroxylation is 1. The molecule has 0 aliphatic rings. The predicted molar refractivity (Wildman–Crippen MR) is 106 cm³/mol. The molecule has 0 bridgehead atoms. The van der Waals surface area contributed by atoms with Crippen LogP contribution in [0.2, 0.25) is 0 Å². The maximum absolute atomic E-state index is 12.4. The first kappa shape index (κ1) is 20.5. The van der Waals surface area contributed by atoms with Crippen molar-refractivity contribution in [3.05, 3.63) is 41.3 Å². The van der Waals surface area contributed by atoms with Crippen molar-refractivity contribution in [1.82, 2.24) is 15.3 Å². The number of aromatic nitrogens is 2. The van der Waals surface area contributed by atoms with Crippen LogP contribution in [0.1, 0.15) is 35.7 Å². The van der Waals surface area contributed by atoms with E-state index in [4.69, 9.17) is 9.47 Å². The molecule has 1 aromatic heterocycles. The number of hydrogen-bond donors (Lipinski definition) is 2. The topological polar surface area (TPSA) is 85.4 Å². The summed E-state index contributed by atoms with van der Waals surface area (Å²) in [5, 5.41) is 6.13. The van der Waals surface area contributed by atoms with E-state index in [1.807, 2.05) is 18.2 Å². The van der Waals surface area contributed by atoms with Crippen LogP contribution < -0.4 is 20.1 Å². The lowest BCUT2D eigenvalue weighted by Crippen LogP contribution is -2.27. The first-order chi connectivity index (χ1) is 12.9. The Morgan fingerprint density at radius 1 is 1.11 bits per heavy atom. The van der Waals surface area contributed by atoms with Crippen LogP contribution in [-0.2, 0) is 6.42 Å². The summed E-state index contributed by atoms with van der Waals surface area (Å²) in [7, 11) is 3.21. The van der Waals surface area contributed by atoms with Gasteiger partial charge in [-0.25, -0.2) is 9.97 Å². The summed E-state index contributed by atoms with van der Waals surface area (Å²) in [4.78, 5) is 21.0. The number of amides is 1. The molecule has 27 heavy (non-hydrogen) atoms. The smallest absolute Gasteiger partial charge is 0.270 e. The van der Waals surface area contributed by atoms with Gasteiger partial charge in [0, 0.05) is 19.2 Å². The number of carbonyl (C=O) groups is 1. The molecule has 0 aliphatic carbocycles. The highest BCUT2D eigenvalue weighted by molar-refractivity contribution is 5.92. The van der Waals surface area contributed by atoms with E-state index < -0.39 is 0 Å². The van der Waals surface area contributed by atoms with Crippen molar-refractivity contribution in [2.45, 2.75) is 27.2 Å². The molecule has 0 radical (unpaired) electrons. The van der Waals surface area contributed by atoms with Gasteiger partial charge in [-0.2, -0.15) is 0 Å². The molecule has 146 valence electrons. The van der Waals surface area contributed by atoms with E-state index in [2.05, 4.69) is 34.4 Å². The average Bonchev–Trinajstić information content (AvgIpc) is 2.65. The minimum absolute atomic E-state index is 0.214. The molecule has 0 aliphatic heterocycles. The van der Waals surface area contributed by atoms with Gasteiger partial charge >= 0.3 is 0 Å². The van der Waals surface area contributed by atoms with Gasteiger partial charge in [-0.05, 0) is 37.0 Å². The van der Waals surface area contributed by atoms with Gasteiger partial charge < -0.3 is 20.1 Å². The number of benzene rings is 1. The number of rotatable bonds is 9. The number of anilines is 1. The second-order valence-corrected chi connectivity index (χ2v) is 6.66. The number of carbonyl (C=O) groups excluding carboxylic acids is 1. The standard InChI is InChI=1S/C20H28N4O3/c1-13(2)12-22-19-11-16(23-14(3)24-19)20(25)21-9-8-15-6-7-17(26-4)18(10-15)27-5/h6-7,10-11,13H,8-9,12H2,1-5H3,(H,21,25)(H,22,23,24). The summed E-state index contributed by atoms with van der Waals surface area (Å²) >= 11 is 0. The van der Waals surface area contributed by atoms with Gasteiger partial charge in [0.15, 0.2) is 11.5 Å². The van der Waals surface area contributed by atoms with E-state index in [0.29, 0.717) is 47.7 Å². The summed E-state index contributed by atoms with van der Waals surface area (Å²) in [6.07, 6.45) is 0.675. The largest absolute Gasteiger partial charge is 0.493 e. The highest BCUT2D eigenvalue weighted by Crippen LogP contribution is 2.27. The molecule has 2 aromatic rings. The predicted octanol–water partition coefficient (Wildman–Crippen LogP) is 2.84. The minimum atomic E-state index is -0.214. The minimum Gasteiger partial charge on any atom is -0.493 e. The lowest BCUT2D eigenvalue weighted by atomic mass is 10.1. The number of ether oxygens (including phenoxy) is 2. The molecule has 7 nitrogen and oxygen atoms in total. The van der Waals surface area contributed by atoms with Gasteiger partial charge in [0.2, 0.25) is 0 Å².